The molecule has 0 saturated carbocycles. The number of rotatable bonds is 3. The first kappa shape index (κ1) is 10.3. The zero-order valence-corrected chi connectivity index (χ0v) is 8.92. The van der Waals surface area contributed by atoms with Crippen LogP contribution in [0.25, 0.3) is 0 Å². The third-order valence-electron chi connectivity index (χ3n) is 2.82. The Morgan fingerprint density at radius 2 is 2.08 bits per heavy atom. The second-order valence-corrected chi connectivity index (χ2v) is 4.27. The van der Waals surface area contributed by atoms with Crippen molar-refractivity contribution in [3.8, 4) is 0 Å². The molecule has 0 aliphatic heterocycles. The van der Waals surface area contributed by atoms with Gasteiger partial charge in [-0.05, 0) is 30.9 Å². The molecule has 0 aromatic carbocycles. The summed E-state index contributed by atoms with van der Waals surface area (Å²) >= 11 is 0. The van der Waals surface area contributed by atoms with Crippen LogP contribution >= 0.6 is 0 Å². The lowest BCUT2D eigenvalue weighted by molar-refractivity contribution is 0.245. The van der Waals surface area contributed by atoms with Gasteiger partial charge in [0.05, 0.1) is 6.04 Å². The van der Waals surface area contributed by atoms with E-state index in [-0.39, 0.29) is 11.5 Å². The molecule has 1 aromatic rings. The molecule has 2 heteroatoms. The van der Waals surface area contributed by atoms with Crippen molar-refractivity contribution in [1.29, 1.82) is 0 Å². The highest BCUT2D eigenvalue weighted by molar-refractivity contribution is 5.11. The van der Waals surface area contributed by atoms with Gasteiger partial charge in [-0.1, -0.05) is 20.8 Å². The summed E-state index contributed by atoms with van der Waals surface area (Å²) in [6.07, 6.45) is 1.05. The number of furan rings is 1. The smallest absolute Gasteiger partial charge is 0.121 e. The van der Waals surface area contributed by atoms with Gasteiger partial charge >= 0.3 is 0 Å². The molecular formula is C11H19NO. The maximum absolute atomic E-state index is 6.10. The Balaban J connectivity index is 2.84. The molecule has 0 aliphatic rings. The number of hydrogen-bond acceptors (Lipinski definition) is 2. The number of nitrogens with two attached hydrogens (primary N) is 1. The average Bonchev–Trinajstić information content (AvgIpc) is 2.50. The SMILES string of the molecule is CCC(C)(C)C(N)c1ccc(C)o1. The van der Waals surface area contributed by atoms with Gasteiger partial charge in [-0.3, -0.25) is 0 Å². The minimum atomic E-state index is -0.00815. The first-order valence-corrected chi connectivity index (χ1v) is 4.79. The van der Waals surface area contributed by atoms with Crippen molar-refractivity contribution in [2.75, 3.05) is 0 Å². The minimum absolute atomic E-state index is 0.00815. The molecule has 0 bridgehead atoms. The summed E-state index contributed by atoms with van der Waals surface area (Å²) < 4.78 is 5.51. The van der Waals surface area contributed by atoms with Crippen LogP contribution in [0.15, 0.2) is 16.5 Å². The van der Waals surface area contributed by atoms with Crippen LogP contribution in [0.4, 0.5) is 0 Å². The van der Waals surface area contributed by atoms with E-state index in [9.17, 15) is 0 Å². The third-order valence-corrected chi connectivity index (χ3v) is 2.82. The van der Waals surface area contributed by atoms with Gasteiger partial charge < -0.3 is 10.2 Å². The van der Waals surface area contributed by atoms with Crippen LogP contribution in [0.3, 0.4) is 0 Å². The molecule has 13 heavy (non-hydrogen) atoms. The van der Waals surface area contributed by atoms with Crippen LogP contribution in [0.2, 0.25) is 0 Å². The van der Waals surface area contributed by atoms with E-state index in [4.69, 9.17) is 10.2 Å². The van der Waals surface area contributed by atoms with Gasteiger partial charge in [0.15, 0.2) is 0 Å². The van der Waals surface area contributed by atoms with Crippen molar-refractivity contribution >= 4 is 0 Å². The first-order valence-electron chi connectivity index (χ1n) is 4.79. The van der Waals surface area contributed by atoms with E-state index in [2.05, 4.69) is 20.8 Å². The van der Waals surface area contributed by atoms with Crippen molar-refractivity contribution in [2.45, 2.75) is 40.2 Å². The maximum Gasteiger partial charge on any atom is 0.121 e. The van der Waals surface area contributed by atoms with Gasteiger partial charge in [-0.15, -0.1) is 0 Å². The fraction of sp³-hybridized carbons (Fsp3) is 0.636. The standard InChI is InChI=1S/C11H19NO/c1-5-11(3,4)10(12)9-7-6-8(2)13-9/h6-7,10H,5,12H2,1-4H3. The summed E-state index contributed by atoms with van der Waals surface area (Å²) in [5, 5.41) is 0. The number of aryl methyl sites for hydroxylation is 1. The molecule has 0 amide bonds. The van der Waals surface area contributed by atoms with E-state index in [1.54, 1.807) is 0 Å². The molecule has 2 N–H and O–H groups in total. The summed E-state index contributed by atoms with van der Waals surface area (Å²) in [6.45, 7) is 8.41. The second kappa shape index (κ2) is 3.54. The summed E-state index contributed by atoms with van der Waals surface area (Å²) in [5.74, 6) is 1.82. The summed E-state index contributed by atoms with van der Waals surface area (Å²) in [4.78, 5) is 0. The Hall–Kier alpha value is -0.760. The lowest BCUT2D eigenvalue weighted by atomic mass is 9.81. The quantitative estimate of drug-likeness (QED) is 0.778. The molecule has 0 radical (unpaired) electrons. The predicted molar refractivity (Wildman–Crippen MR) is 54.4 cm³/mol. The minimum Gasteiger partial charge on any atom is -0.465 e. The van der Waals surface area contributed by atoms with Gasteiger partial charge in [0.2, 0.25) is 0 Å². The topological polar surface area (TPSA) is 39.2 Å². The molecule has 1 rings (SSSR count). The van der Waals surface area contributed by atoms with Crippen LogP contribution in [0.5, 0.6) is 0 Å². The van der Waals surface area contributed by atoms with Gasteiger partial charge in [-0.25, -0.2) is 0 Å². The zero-order valence-electron chi connectivity index (χ0n) is 8.92. The lowest BCUT2D eigenvalue weighted by Gasteiger charge is -2.28. The van der Waals surface area contributed by atoms with Crippen molar-refractivity contribution in [3.05, 3.63) is 23.7 Å². The summed E-state index contributed by atoms with van der Waals surface area (Å²) in [7, 11) is 0. The molecule has 74 valence electrons. The molecule has 1 aromatic heterocycles. The van der Waals surface area contributed by atoms with Crippen LogP contribution < -0.4 is 5.73 Å². The molecule has 0 saturated heterocycles. The molecule has 0 aliphatic carbocycles. The van der Waals surface area contributed by atoms with Gasteiger partial charge in [-0.2, -0.15) is 0 Å². The zero-order chi connectivity index (χ0) is 10.1. The lowest BCUT2D eigenvalue weighted by Crippen LogP contribution is -2.28. The highest BCUT2D eigenvalue weighted by atomic mass is 16.3. The van der Waals surface area contributed by atoms with E-state index in [0.717, 1.165) is 17.9 Å². The Bertz CT molecular complexity index is 275. The fourth-order valence-electron chi connectivity index (χ4n) is 1.23. The highest BCUT2D eigenvalue weighted by Gasteiger charge is 2.27. The third kappa shape index (κ3) is 2.13. The van der Waals surface area contributed by atoms with E-state index >= 15 is 0 Å². The van der Waals surface area contributed by atoms with Gasteiger partial charge in [0, 0.05) is 0 Å². The van der Waals surface area contributed by atoms with Gasteiger partial charge in [0.25, 0.3) is 0 Å². The van der Waals surface area contributed by atoms with Crippen molar-refractivity contribution < 1.29 is 4.42 Å². The van der Waals surface area contributed by atoms with Crippen molar-refractivity contribution in [1.82, 2.24) is 0 Å². The molecule has 2 nitrogen and oxygen atoms in total. The van der Waals surface area contributed by atoms with Crippen LogP contribution in [0.1, 0.15) is 44.8 Å². The van der Waals surface area contributed by atoms with Crippen LogP contribution in [0, 0.1) is 12.3 Å². The largest absolute Gasteiger partial charge is 0.465 e. The Morgan fingerprint density at radius 3 is 2.46 bits per heavy atom. The Kier molecular flexibility index (Phi) is 2.81. The van der Waals surface area contributed by atoms with Crippen LogP contribution in [-0.2, 0) is 0 Å². The van der Waals surface area contributed by atoms with E-state index in [0.29, 0.717) is 0 Å². The summed E-state index contributed by atoms with van der Waals surface area (Å²) in [5.41, 5.74) is 6.20. The first-order chi connectivity index (χ1) is 5.97. The van der Waals surface area contributed by atoms with E-state index < -0.39 is 0 Å². The van der Waals surface area contributed by atoms with Crippen molar-refractivity contribution in [3.63, 3.8) is 0 Å². The molecule has 0 spiro atoms. The summed E-state index contributed by atoms with van der Waals surface area (Å²) in [6, 6.07) is 3.92. The molecule has 1 unspecified atom stereocenters. The van der Waals surface area contributed by atoms with Crippen molar-refractivity contribution in [2.24, 2.45) is 11.1 Å². The molecule has 1 heterocycles. The normalized spacial score (nSPS) is 14.5. The fourth-order valence-corrected chi connectivity index (χ4v) is 1.23. The maximum atomic E-state index is 6.10. The van der Waals surface area contributed by atoms with E-state index in [1.165, 1.54) is 0 Å². The Labute approximate surface area is 80.1 Å². The molecule has 1 atom stereocenters. The molecular weight excluding hydrogens is 162 g/mol. The highest BCUT2D eigenvalue weighted by Crippen LogP contribution is 2.34. The molecule has 0 fully saturated rings. The predicted octanol–water partition coefficient (Wildman–Crippen LogP) is 3.02. The van der Waals surface area contributed by atoms with Gasteiger partial charge in [0.1, 0.15) is 11.5 Å². The second-order valence-electron chi connectivity index (χ2n) is 4.27. The van der Waals surface area contributed by atoms with E-state index in [1.807, 2.05) is 19.1 Å². The average molecular weight is 181 g/mol. The monoisotopic (exact) mass is 181 g/mol. The Morgan fingerprint density at radius 1 is 1.46 bits per heavy atom. The number of hydrogen-bond donors (Lipinski definition) is 1. The van der Waals surface area contributed by atoms with Crippen LogP contribution in [-0.4, -0.2) is 0 Å².